The summed E-state index contributed by atoms with van der Waals surface area (Å²) in [6.45, 7) is 6.54. The number of esters is 3. The predicted molar refractivity (Wildman–Crippen MR) is 330 cm³/mol. The highest BCUT2D eigenvalue weighted by Gasteiger charge is 2.19. The maximum Gasteiger partial charge on any atom is 0.306 e. The van der Waals surface area contributed by atoms with Gasteiger partial charge in [-0.3, -0.25) is 14.4 Å². The first-order valence-corrected chi connectivity index (χ1v) is 33.3. The molecule has 0 amide bonds. The summed E-state index contributed by atoms with van der Waals surface area (Å²) in [7, 11) is 0. The number of unbranched alkanes of at least 4 members (excludes halogenated alkanes) is 40. The van der Waals surface area contributed by atoms with E-state index in [9.17, 15) is 14.4 Å². The number of hydrogen-bond acceptors (Lipinski definition) is 6. The van der Waals surface area contributed by atoms with E-state index in [2.05, 4.69) is 81.5 Å². The minimum atomic E-state index is -0.782. The normalized spacial score (nSPS) is 12.4. The molecule has 0 fully saturated rings. The van der Waals surface area contributed by atoms with Gasteiger partial charge in [0, 0.05) is 19.3 Å². The van der Waals surface area contributed by atoms with Crippen molar-refractivity contribution in [3.05, 3.63) is 60.8 Å². The minimum absolute atomic E-state index is 0.0782. The topological polar surface area (TPSA) is 78.9 Å². The standard InChI is InChI=1S/C70H126O6/c1-4-7-10-13-16-19-21-23-25-27-29-31-32-33-34-35-36-37-39-40-42-44-46-48-51-54-57-60-63-69(72)75-66-67(65-74-68(71)62-59-56-53-50-18-15-12-9-6-3)76-70(73)64-61-58-55-52-49-47-45-43-41-38-30-28-26-24-22-20-17-14-11-8-5-2/h8,11,17,20,24,26,30,38,43,45,67H,4-7,9-10,12-16,18-19,21-23,25,27-29,31-37,39-42,44,46-66H2,1-3H3/b11-8-,20-17-,26-24-,38-30-,45-43-. The molecule has 0 aromatic carbocycles. The van der Waals surface area contributed by atoms with E-state index in [1.54, 1.807) is 0 Å². The molecule has 76 heavy (non-hydrogen) atoms. The number of carbonyl (C=O) groups excluding carboxylic acids is 3. The Bertz CT molecular complexity index is 1360. The van der Waals surface area contributed by atoms with Crippen LogP contribution in [0.1, 0.15) is 348 Å². The Morgan fingerprint density at radius 3 is 0.803 bits per heavy atom. The molecule has 0 saturated carbocycles. The maximum atomic E-state index is 12.9. The highest BCUT2D eigenvalue weighted by Crippen LogP contribution is 2.18. The quantitative estimate of drug-likeness (QED) is 0.0261. The monoisotopic (exact) mass is 1060 g/mol. The Kier molecular flexibility index (Phi) is 62.2. The van der Waals surface area contributed by atoms with Crippen LogP contribution < -0.4 is 0 Å². The average Bonchev–Trinajstić information content (AvgIpc) is 3.42. The Hall–Kier alpha value is -2.89. The van der Waals surface area contributed by atoms with E-state index >= 15 is 0 Å². The van der Waals surface area contributed by atoms with Crippen LogP contribution in [0.5, 0.6) is 0 Å². The molecule has 0 saturated heterocycles. The van der Waals surface area contributed by atoms with Gasteiger partial charge < -0.3 is 14.2 Å². The number of carbonyl (C=O) groups is 3. The molecule has 1 atom stereocenters. The van der Waals surface area contributed by atoms with Gasteiger partial charge >= 0.3 is 17.9 Å². The lowest BCUT2D eigenvalue weighted by molar-refractivity contribution is -0.167. The third kappa shape index (κ3) is 62.0. The summed E-state index contributed by atoms with van der Waals surface area (Å²) >= 11 is 0. The van der Waals surface area contributed by atoms with Gasteiger partial charge in [-0.1, -0.05) is 326 Å². The van der Waals surface area contributed by atoms with Crippen molar-refractivity contribution in [3.8, 4) is 0 Å². The van der Waals surface area contributed by atoms with Crippen molar-refractivity contribution in [1.29, 1.82) is 0 Å². The van der Waals surface area contributed by atoms with Crippen molar-refractivity contribution in [2.24, 2.45) is 0 Å². The largest absolute Gasteiger partial charge is 0.462 e. The molecule has 1 unspecified atom stereocenters. The van der Waals surface area contributed by atoms with E-state index in [0.29, 0.717) is 19.3 Å². The van der Waals surface area contributed by atoms with Crippen molar-refractivity contribution < 1.29 is 28.6 Å². The fourth-order valence-corrected chi connectivity index (χ4v) is 9.83. The zero-order chi connectivity index (χ0) is 55.0. The van der Waals surface area contributed by atoms with Crippen molar-refractivity contribution in [1.82, 2.24) is 0 Å². The predicted octanol–water partition coefficient (Wildman–Crippen LogP) is 22.7. The molecule has 442 valence electrons. The fourth-order valence-electron chi connectivity index (χ4n) is 9.83. The molecule has 0 rings (SSSR count). The van der Waals surface area contributed by atoms with Crippen molar-refractivity contribution in [3.63, 3.8) is 0 Å². The molecule has 0 N–H and O–H groups in total. The van der Waals surface area contributed by atoms with E-state index in [0.717, 1.165) is 109 Å². The summed E-state index contributed by atoms with van der Waals surface area (Å²) in [6.07, 6.45) is 82.6. The second-order valence-electron chi connectivity index (χ2n) is 22.4. The maximum absolute atomic E-state index is 12.9. The molecule has 0 aliphatic rings. The van der Waals surface area contributed by atoms with Crippen LogP contribution in [0.3, 0.4) is 0 Å². The average molecular weight is 1060 g/mol. The lowest BCUT2D eigenvalue weighted by Crippen LogP contribution is -2.30. The Labute approximate surface area is 472 Å². The van der Waals surface area contributed by atoms with Crippen LogP contribution in [0.4, 0.5) is 0 Å². The summed E-state index contributed by atoms with van der Waals surface area (Å²) in [5.41, 5.74) is 0. The van der Waals surface area contributed by atoms with Crippen LogP contribution in [0.2, 0.25) is 0 Å². The highest BCUT2D eigenvalue weighted by molar-refractivity contribution is 5.71. The van der Waals surface area contributed by atoms with Gasteiger partial charge in [-0.25, -0.2) is 0 Å². The molecule has 6 heteroatoms. The zero-order valence-electron chi connectivity index (χ0n) is 50.8. The lowest BCUT2D eigenvalue weighted by Gasteiger charge is -2.18. The highest BCUT2D eigenvalue weighted by atomic mass is 16.6. The summed E-state index contributed by atoms with van der Waals surface area (Å²) in [5, 5.41) is 0. The first kappa shape index (κ1) is 73.1. The Balaban J connectivity index is 4.15. The van der Waals surface area contributed by atoms with Gasteiger partial charge in [0.1, 0.15) is 13.2 Å². The molecular formula is C70H126O6. The summed E-state index contributed by atoms with van der Waals surface area (Å²) in [6, 6.07) is 0. The van der Waals surface area contributed by atoms with Gasteiger partial charge in [0.2, 0.25) is 0 Å². The van der Waals surface area contributed by atoms with Crippen LogP contribution in [0.15, 0.2) is 60.8 Å². The third-order valence-corrected chi connectivity index (χ3v) is 14.8. The summed E-state index contributed by atoms with van der Waals surface area (Å²) in [5.74, 6) is -0.882. The van der Waals surface area contributed by atoms with E-state index in [-0.39, 0.29) is 31.1 Å². The summed E-state index contributed by atoms with van der Waals surface area (Å²) < 4.78 is 16.9. The van der Waals surface area contributed by atoms with Gasteiger partial charge in [0.05, 0.1) is 0 Å². The van der Waals surface area contributed by atoms with E-state index < -0.39 is 6.10 Å². The fraction of sp³-hybridized carbons (Fsp3) is 0.814. The minimum Gasteiger partial charge on any atom is -0.462 e. The van der Waals surface area contributed by atoms with Crippen molar-refractivity contribution in [2.75, 3.05) is 13.2 Å². The Morgan fingerprint density at radius 2 is 0.513 bits per heavy atom. The second kappa shape index (κ2) is 64.6. The molecular weight excluding hydrogens is 937 g/mol. The van der Waals surface area contributed by atoms with Crippen LogP contribution in [0, 0.1) is 0 Å². The molecule has 0 aromatic heterocycles. The van der Waals surface area contributed by atoms with E-state index in [1.807, 2.05) is 0 Å². The van der Waals surface area contributed by atoms with Crippen LogP contribution in [-0.2, 0) is 28.6 Å². The molecule has 0 aromatic rings. The van der Waals surface area contributed by atoms with E-state index in [1.165, 1.54) is 199 Å². The summed E-state index contributed by atoms with van der Waals surface area (Å²) in [4.78, 5) is 38.2. The van der Waals surface area contributed by atoms with Gasteiger partial charge in [0.15, 0.2) is 6.10 Å². The molecule has 0 spiro atoms. The molecule has 0 bridgehead atoms. The molecule has 0 heterocycles. The lowest BCUT2D eigenvalue weighted by atomic mass is 10.0. The van der Waals surface area contributed by atoms with Crippen LogP contribution in [-0.4, -0.2) is 37.2 Å². The SMILES string of the molecule is CC/C=C\C/C=C\C/C=C\C/C=C\C/C=C\CCCCCCCC(=O)OC(COC(=O)CCCCCCCCCCC)COC(=O)CCCCCCCCCCCCCCCCCCCCCCCCCCCCCC. The third-order valence-electron chi connectivity index (χ3n) is 14.8. The first-order chi connectivity index (χ1) is 37.5. The zero-order valence-corrected chi connectivity index (χ0v) is 50.8. The van der Waals surface area contributed by atoms with Gasteiger partial charge in [-0.2, -0.15) is 0 Å². The number of allylic oxidation sites excluding steroid dienone is 10. The number of hydrogen-bond donors (Lipinski definition) is 0. The Morgan fingerprint density at radius 1 is 0.276 bits per heavy atom. The molecule has 6 nitrogen and oxygen atoms in total. The van der Waals surface area contributed by atoms with Crippen molar-refractivity contribution >= 4 is 17.9 Å². The smallest absolute Gasteiger partial charge is 0.306 e. The second-order valence-corrected chi connectivity index (χ2v) is 22.4. The van der Waals surface area contributed by atoms with Gasteiger partial charge in [-0.15, -0.1) is 0 Å². The van der Waals surface area contributed by atoms with Crippen LogP contribution in [0.25, 0.3) is 0 Å². The molecule has 0 radical (unpaired) electrons. The first-order valence-electron chi connectivity index (χ1n) is 33.3. The van der Waals surface area contributed by atoms with Gasteiger partial charge in [0.25, 0.3) is 0 Å². The van der Waals surface area contributed by atoms with Gasteiger partial charge in [-0.05, 0) is 64.2 Å². The van der Waals surface area contributed by atoms with E-state index in [4.69, 9.17) is 14.2 Å². The number of rotatable bonds is 61. The number of ether oxygens (including phenoxy) is 3. The van der Waals surface area contributed by atoms with Crippen LogP contribution >= 0.6 is 0 Å². The molecule has 0 aliphatic carbocycles. The molecule has 0 aliphatic heterocycles. The van der Waals surface area contributed by atoms with Crippen molar-refractivity contribution in [2.45, 2.75) is 354 Å².